The number of hydrogen-bond acceptors (Lipinski definition) is 7. The smallest absolute Gasteiger partial charge is 0.342 e. The molecule has 1 heterocycles. The normalized spacial score (nSPS) is 9.84. The summed E-state index contributed by atoms with van der Waals surface area (Å²) in [7, 11) is 2.81. The SMILES string of the molecule is COc1cccc(C(=O)OCC(=O)NNC(=O)c2ccco2)c1OC. The summed E-state index contributed by atoms with van der Waals surface area (Å²) in [6, 6.07) is 7.63. The third kappa shape index (κ3) is 4.50. The van der Waals surface area contributed by atoms with E-state index in [0.717, 1.165) is 0 Å². The average molecular weight is 348 g/mol. The van der Waals surface area contributed by atoms with E-state index in [1.807, 2.05) is 0 Å². The Labute approximate surface area is 142 Å². The summed E-state index contributed by atoms with van der Waals surface area (Å²) in [4.78, 5) is 35.3. The lowest BCUT2D eigenvalue weighted by Gasteiger charge is -2.12. The van der Waals surface area contributed by atoms with E-state index in [1.165, 1.54) is 38.7 Å². The van der Waals surface area contributed by atoms with Crippen LogP contribution in [0.3, 0.4) is 0 Å². The Balaban J connectivity index is 1.87. The summed E-state index contributed by atoms with van der Waals surface area (Å²) < 4.78 is 20.0. The molecule has 0 radical (unpaired) electrons. The van der Waals surface area contributed by atoms with Crippen molar-refractivity contribution in [2.75, 3.05) is 20.8 Å². The molecule has 2 rings (SSSR count). The highest BCUT2D eigenvalue weighted by molar-refractivity contribution is 5.96. The first kappa shape index (κ1) is 17.9. The van der Waals surface area contributed by atoms with E-state index in [9.17, 15) is 14.4 Å². The van der Waals surface area contributed by atoms with Crippen LogP contribution in [0.1, 0.15) is 20.9 Å². The van der Waals surface area contributed by atoms with Gasteiger partial charge in [-0.1, -0.05) is 6.07 Å². The average Bonchev–Trinajstić information content (AvgIpc) is 3.18. The van der Waals surface area contributed by atoms with Crippen LogP contribution in [0, 0.1) is 0 Å². The number of furan rings is 1. The Morgan fingerprint density at radius 3 is 2.48 bits per heavy atom. The second-order valence-electron chi connectivity index (χ2n) is 4.60. The molecule has 0 aliphatic carbocycles. The predicted octanol–water partition coefficient (Wildman–Crippen LogP) is 0.915. The van der Waals surface area contributed by atoms with Crippen molar-refractivity contribution < 1.29 is 33.0 Å². The zero-order valence-electron chi connectivity index (χ0n) is 13.5. The molecule has 9 nitrogen and oxygen atoms in total. The number of para-hydroxylation sites is 1. The molecule has 0 spiro atoms. The monoisotopic (exact) mass is 348 g/mol. The fraction of sp³-hybridized carbons (Fsp3) is 0.188. The molecule has 25 heavy (non-hydrogen) atoms. The van der Waals surface area contributed by atoms with Crippen LogP contribution >= 0.6 is 0 Å². The molecule has 1 aromatic heterocycles. The Morgan fingerprint density at radius 1 is 1.04 bits per heavy atom. The van der Waals surface area contributed by atoms with Crippen LogP contribution in [0.2, 0.25) is 0 Å². The number of ether oxygens (including phenoxy) is 3. The molecule has 2 N–H and O–H groups in total. The Morgan fingerprint density at radius 2 is 1.84 bits per heavy atom. The second kappa shape index (κ2) is 8.39. The molecule has 0 saturated heterocycles. The molecule has 0 atom stereocenters. The van der Waals surface area contributed by atoms with Crippen molar-refractivity contribution in [2.24, 2.45) is 0 Å². The summed E-state index contributed by atoms with van der Waals surface area (Å²) in [5.74, 6) is -1.57. The van der Waals surface area contributed by atoms with Crippen LogP contribution in [-0.2, 0) is 9.53 Å². The Kier molecular flexibility index (Phi) is 5.99. The summed E-state index contributed by atoms with van der Waals surface area (Å²) in [5.41, 5.74) is 4.32. The van der Waals surface area contributed by atoms with E-state index in [4.69, 9.17) is 18.6 Å². The van der Waals surface area contributed by atoms with Gasteiger partial charge in [0.15, 0.2) is 23.9 Å². The maximum atomic E-state index is 12.1. The lowest BCUT2D eigenvalue weighted by Crippen LogP contribution is -2.43. The molecule has 132 valence electrons. The predicted molar refractivity (Wildman–Crippen MR) is 84.1 cm³/mol. The van der Waals surface area contributed by atoms with E-state index < -0.39 is 24.4 Å². The van der Waals surface area contributed by atoms with E-state index in [-0.39, 0.29) is 17.1 Å². The summed E-state index contributed by atoms with van der Waals surface area (Å²) in [5, 5.41) is 0. The largest absolute Gasteiger partial charge is 0.493 e. The fourth-order valence-electron chi connectivity index (χ4n) is 1.89. The Hall–Kier alpha value is -3.49. The lowest BCUT2D eigenvalue weighted by molar-refractivity contribution is -0.125. The van der Waals surface area contributed by atoms with Gasteiger partial charge in [-0.2, -0.15) is 0 Å². The van der Waals surface area contributed by atoms with Gasteiger partial charge in [0.05, 0.1) is 20.5 Å². The van der Waals surface area contributed by atoms with Crippen LogP contribution in [0.25, 0.3) is 0 Å². The summed E-state index contributed by atoms with van der Waals surface area (Å²) in [6.45, 7) is -0.600. The molecule has 2 aromatic rings. The molecule has 1 aromatic carbocycles. The standard InChI is InChI=1S/C16H16N2O7/c1-22-11-6-3-5-10(14(11)23-2)16(21)25-9-13(19)17-18-15(20)12-7-4-8-24-12/h3-8H,9H2,1-2H3,(H,17,19)(H,18,20). The minimum absolute atomic E-state index is 0.0263. The van der Waals surface area contributed by atoms with Gasteiger partial charge < -0.3 is 18.6 Å². The number of amides is 2. The maximum Gasteiger partial charge on any atom is 0.342 e. The first-order valence-electron chi connectivity index (χ1n) is 7.07. The van der Waals surface area contributed by atoms with Gasteiger partial charge in [0.2, 0.25) is 0 Å². The topological polar surface area (TPSA) is 116 Å². The van der Waals surface area contributed by atoms with E-state index in [1.54, 1.807) is 12.1 Å². The zero-order chi connectivity index (χ0) is 18.2. The van der Waals surface area contributed by atoms with Crippen molar-refractivity contribution in [3.63, 3.8) is 0 Å². The molecular weight excluding hydrogens is 332 g/mol. The van der Waals surface area contributed by atoms with Gasteiger partial charge in [-0.05, 0) is 24.3 Å². The molecule has 2 amide bonds. The van der Waals surface area contributed by atoms with E-state index in [2.05, 4.69) is 10.9 Å². The number of hydrogen-bond donors (Lipinski definition) is 2. The highest BCUT2D eigenvalue weighted by Gasteiger charge is 2.19. The molecule has 0 fully saturated rings. The number of carbonyl (C=O) groups is 3. The maximum absolute atomic E-state index is 12.1. The van der Waals surface area contributed by atoms with Crippen LogP contribution in [0.15, 0.2) is 41.0 Å². The fourth-order valence-corrected chi connectivity index (χ4v) is 1.89. The highest BCUT2D eigenvalue weighted by atomic mass is 16.5. The minimum atomic E-state index is -0.775. The van der Waals surface area contributed by atoms with Crippen molar-refractivity contribution in [3.05, 3.63) is 47.9 Å². The summed E-state index contributed by atoms with van der Waals surface area (Å²) >= 11 is 0. The van der Waals surface area contributed by atoms with Gasteiger partial charge in [-0.3, -0.25) is 20.4 Å². The molecule has 9 heteroatoms. The van der Waals surface area contributed by atoms with E-state index in [0.29, 0.717) is 5.75 Å². The van der Waals surface area contributed by atoms with E-state index >= 15 is 0 Å². The first-order valence-corrected chi connectivity index (χ1v) is 7.07. The number of esters is 1. The molecular formula is C16H16N2O7. The number of carbonyl (C=O) groups excluding carboxylic acids is 3. The van der Waals surface area contributed by atoms with Gasteiger partial charge >= 0.3 is 11.9 Å². The van der Waals surface area contributed by atoms with Gasteiger partial charge in [0.1, 0.15) is 5.56 Å². The molecule has 0 aliphatic heterocycles. The molecule has 0 saturated carbocycles. The highest BCUT2D eigenvalue weighted by Crippen LogP contribution is 2.30. The second-order valence-corrected chi connectivity index (χ2v) is 4.60. The van der Waals surface area contributed by atoms with Crippen molar-refractivity contribution in [1.82, 2.24) is 10.9 Å². The van der Waals surface area contributed by atoms with Crippen molar-refractivity contribution in [2.45, 2.75) is 0 Å². The number of nitrogens with one attached hydrogen (secondary N) is 2. The van der Waals surface area contributed by atoms with Gasteiger partial charge in [0.25, 0.3) is 5.91 Å². The number of benzene rings is 1. The van der Waals surface area contributed by atoms with Gasteiger partial charge in [-0.25, -0.2) is 4.79 Å². The van der Waals surface area contributed by atoms with Crippen molar-refractivity contribution in [3.8, 4) is 11.5 Å². The third-order valence-electron chi connectivity index (χ3n) is 3.02. The zero-order valence-corrected chi connectivity index (χ0v) is 13.5. The third-order valence-corrected chi connectivity index (χ3v) is 3.02. The number of methoxy groups -OCH3 is 2. The number of rotatable bonds is 6. The first-order chi connectivity index (χ1) is 12.1. The minimum Gasteiger partial charge on any atom is -0.493 e. The Bertz CT molecular complexity index is 756. The van der Waals surface area contributed by atoms with Crippen LogP contribution in [0.4, 0.5) is 0 Å². The van der Waals surface area contributed by atoms with Crippen LogP contribution in [-0.4, -0.2) is 38.6 Å². The molecule has 0 bridgehead atoms. The number of hydrazine groups is 1. The van der Waals surface area contributed by atoms with Crippen LogP contribution in [0.5, 0.6) is 11.5 Å². The lowest BCUT2D eigenvalue weighted by atomic mass is 10.2. The molecule has 0 aliphatic rings. The van der Waals surface area contributed by atoms with Crippen molar-refractivity contribution in [1.29, 1.82) is 0 Å². The van der Waals surface area contributed by atoms with Gasteiger partial charge in [0, 0.05) is 0 Å². The van der Waals surface area contributed by atoms with Crippen LogP contribution < -0.4 is 20.3 Å². The molecule has 0 unspecified atom stereocenters. The quantitative estimate of drug-likeness (QED) is 0.589. The van der Waals surface area contributed by atoms with Crippen molar-refractivity contribution >= 4 is 17.8 Å². The van der Waals surface area contributed by atoms with Gasteiger partial charge in [-0.15, -0.1) is 0 Å². The summed E-state index contributed by atoms with van der Waals surface area (Å²) in [6.07, 6.45) is 1.32.